The number of rotatable bonds is 3. The quantitative estimate of drug-likeness (QED) is 0.810. The Morgan fingerprint density at radius 1 is 1.53 bits per heavy atom. The molecule has 0 spiro atoms. The van der Waals surface area contributed by atoms with E-state index < -0.39 is 0 Å². The third kappa shape index (κ3) is 3.91. The lowest BCUT2D eigenvalue weighted by atomic mass is 10.1. The van der Waals surface area contributed by atoms with E-state index in [1.807, 2.05) is 12.1 Å². The topological polar surface area (TPSA) is 52.4 Å². The minimum absolute atomic E-state index is 0.463. The molecule has 2 heterocycles. The first-order valence-electron chi connectivity index (χ1n) is 6.53. The molecule has 0 aliphatic carbocycles. The molecule has 0 unspecified atom stereocenters. The van der Waals surface area contributed by atoms with E-state index in [0.717, 1.165) is 32.1 Å². The van der Waals surface area contributed by atoms with Crippen molar-refractivity contribution in [2.45, 2.75) is 0 Å². The minimum Gasteiger partial charge on any atom is -0.379 e. The molecule has 1 fully saturated rings. The number of hydrogen-bond acceptors (Lipinski definition) is 5. The van der Waals surface area contributed by atoms with Crippen molar-refractivity contribution >= 4 is 5.82 Å². The van der Waals surface area contributed by atoms with Gasteiger partial charge in [0, 0.05) is 25.6 Å². The molecule has 0 bridgehead atoms. The summed E-state index contributed by atoms with van der Waals surface area (Å²) in [6.45, 7) is 4.23. The van der Waals surface area contributed by atoms with Gasteiger partial charge in [-0.05, 0) is 26.2 Å². The van der Waals surface area contributed by atoms with Gasteiger partial charge in [-0.1, -0.05) is 6.07 Å². The number of hydrogen-bond donors (Lipinski definition) is 0. The molecular weight excluding hydrogens is 240 g/mol. The van der Waals surface area contributed by atoms with Crippen LogP contribution < -0.4 is 4.90 Å². The van der Waals surface area contributed by atoms with Gasteiger partial charge >= 0.3 is 0 Å². The first-order valence-corrected chi connectivity index (χ1v) is 6.53. The Kier molecular flexibility index (Phi) is 4.72. The van der Waals surface area contributed by atoms with Crippen LogP contribution in [0, 0.1) is 17.2 Å². The lowest BCUT2D eigenvalue weighted by molar-refractivity contribution is 0.113. The number of nitriles is 1. The summed E-state index contributed by atoms with van der Waals surface area (Å²) >= 11 is 0. The van der Waals surface area contributed by atoms with E-state index in [2.05, 4.69) is 34.9 Å². The van der Waals surface area contributed by atoms with E-state index in [0.29, 0.717) is 18.2 Å². The molecule has 2 rings (SSSR count). The Labute approximate surface area is 114 Å². The van der Waals surface area contributed by atoms with Gasteiger partial charge in [-0.15, -0.1) is 0 Å². The van der Waals surface area contributed by atoms with Crippen molar-refractivity contribution in [2.75, 3.05) is 51.8 Å². The Hall–Kier alpha value is -1.64. The lowest BCUT2D eigenvalue weighted by Gasteiger charge is -2.26. The summed E-state index contributed by atoms with van der Waals surface area (Å²) in [5.41, 5.74) is 0.465. The normalized spacial score (nSPS) is 20.1. The first kappa shape index (κ1) is 13.8. The molecule has 1 saturated heterocycles. The zero-order valence-electron chi connectivity index (χ0n) is 11.5. The fourth-order valence-corrected chi connectivity index (χ4v) is 2.38. The molecular formula is C14H20N4O. The molecule has 1 aliphatic heterocycles. The highest BCUT2D eigenvalue weighted by atomic mass is 16.5. The van der Waals surface area contributed by atoms with Crippen LogP contribution in [0.15, 0.2) is 18.2 Å². The van der Waals surface area contributed by atoms with Crippen LogP contribution in [-0.4, -0.2) is 56.8 Å². The van der Waals surface area contributed by atoms with Gasteiger partial charge in [0.1, 0.15) is 17.6 Å². The van der Waals surface area contributed by atoms with Gasteiger partial charge in [0.05, 0.1) is 13.2 Å². The van der Waals surface area contributed by atoms with Gasteiger partial charge in [0.25, 0.3) is 0 Å². The zero-order chi connectivity index (χ0) is 13.7. The molecule has 0 saturated carbocycles. The van der Waals surface area contributed by atoms with E-state index in [9.17, 15) is 0 Å². The maximum atomic E-state index is 8.92. The molecule has 1 atom stereocenters. The molecule has 0 aromatic carbocycles. The SMILES string of the molecule is CN(C)C[C@@H]1COCCN(c2cccc(C#N)n2)C1. The number of pyridine rings is 1. The molecule has 19 heavy (non-hydrogen) atoms. The van der Waals surface area contributed by atoms with Crippen LogP contribution >= 0.6 is 0 Å². The van der Waals surface area contributed by atoms with Gasteiger partial charge < -0.3 is 14.5 Å². The number of ether oxygens (including phenoxy) is 1. The van der Waals surface area contributed by atoms with E-state index in [1.165, 1.54) is 0 Å². The standard InChI is InChI=1S/C14H20N4O/c1-17(2)9-12-10-18(6-7-19-11-12)14-5-3-4-13(8-15)16-14/h3-5,12H,6-7,9-11H2,1-2H3/t12-/m0/s1. The predicted molar refractivity (Wildman–Crippen MR) is 74.0 cm³/mol. The van der Waals surface area contributed by atoms with Crippen LogP contribution in [0.4, 0.5) is 5.82 Å². The van der Waals surface area contributed by atoms with Crippen LogP contribution in [0.5, 0.6) is 0 Å². The summed E-state index contributed by atoms with van der Waals surface area (Å²) in [7, 11) is 4.15. The van der Waals surface area contributed by atoms with Gasteiger partial charge in [-0.2, -0.15) is 5.26 Å². The molecule has 1 aliphatic rings. The van der Waals surface area contributed by atoms with Crippen molar-refractivity contribution in [3.63, 3.8) is 0 Å². The molecule has 0 amide bonds. The second-order valence-corrected chi connectivity index (χ2v) is 5.14. The maximum Gasteiger partial charge on any atom is 0.142 e. The average Bonchev–Trinajstić information content (AvgIpc) is 2.64. The molecule has 102 valence electrons. The summed E-state index contributed by atoms with van der Waals surface area (Å²) in [6, 6.07) is 7.66. The zero-order valence-corrected chi connectivity index (χ0v) is 11.5. The molecule has 5 nitrogen and oxygen atoms in total. The molecule has 5 heteroatoms. The van der Waals surface area contributed by atoms with Gasteiger partial charge in [0.2, 0.25) is 0 Å². The molecule has 1 aromatic heterocycles. The Bertz CT molecular complexity index is 455. The maximum absolute atomic E-state index is 8.92. The predicted octanol–water partition coefficient (Wildman–Crippen LogP) is 0.968. The summed E-state index contributed by atoms with van der Waals surface area (Å²) in [4.78, 5) is 8.75. The highest BCUT2D eigenvalue weighted by molar-refractivity contribution is 5.41. The van der Waals surface area contributed by atoms with Gasteiger partial charge in [-0.3, -0.25) is 0 Å². The highest BCUT2D eigenvalue weighted by Gasteiger charge is 2.20. The number of nitrogens with zero attached hydrogens (tertiary/aromatic N) is 4. The number of anilines is 1. The fourth-order valence-electron chi connectivity index (χ4n) is 2.38. The average molecular weight is 260 g/mol. The third-order valence-corrected chi connectivity index (χ3v) is 3.13. The monoisotopic (exact) mass is 260 g/mol. The Balaban J connectivity index is 2.11. The fraction of sp³-hybridized carbons (Fsp3) is 0.571. The van der Waals surface area contributed by atoms with Gasteiger partial charge in [0.15, 0.2) is 0 Å². The first-order chi connectivity index (χ1) is 9.19. The Morgan fingerprint density at radius 3 is 3.11 bits per heavy atom. The largest absolute Gasteiger partial charge is 0.379 e. The highest BCUT2D eigenvalue weighted by Crippen LogP contribution is 2.16. The minimum atomic E-state index is 0.463. The van der Waals surface area contributed by atoms with E-state index in [4.69, 9.17) is 10.00 Å². The van der Waals surface area contributed by atoms with Crippen LogP contribution in [0.2, 0.25) is 0 Å². The van der Waals surface area contributed by atoms with Crippen molar-refractivity contribution < 1.29 is 4.74 Å². The lowest BCUT2D eigenvalue weighted by Crippen LogP contribution is -2.35. The Morgan fingerprint density at radius 2 is 2.37 bits per heavy atom. The second kappa shape index (κ2) is 6.50. The van der Waals surface area contributed by atoms with Crippen LogP contribution in [0.3, 0.4) is 0 Å². The van der Waals surface area contributed by atoms with Crippen molar-refractivity contribution in [2.24, 2.45) is 5.92 Å². The van der Waals surface area contributed by atoms with Crippen molar-refractivity contribution in [1.82, 2.24) is 9.88 Å². The van der Waals surface area contributed by atoms with Crippen molar-refractivity contribution in [3.8, 4) is 6.07 Å². The molecule has 0 radical (unpaired) electrons. The second-order valence-electron chi connectivity index (χ2n) is 5.14. The summed E-state index contributed by atoms with van der Waals surface area (Å²) in [6.07, 6.45) is 0. The van der Waals surface area contributed by atoms with Crippen LogP contribution in [-0.2, 0) is 4.74 Å². The smallest absolute Gasteiger partial charge is 0.142 e. The van der Waals surface area contributed by atoms with Crippen LogP contribution in [0.1, 0.15) is 5.69 Å². The van der Waals surface area contributed by atoms with E-state index in [1.54, 1.807) is 6.07 Å². The van der Waals surface area contributed by atoms with Crippen LogP contribution in [0.25, 0.3) is 0 Å². The summed E-state index contributed by atoms with van der Waals surface area (Å²) in [5, 5.41) is 8.92. The van der Waals surface area contributed by atoms with E-state index >= 15 is 0 Å². The summed E-state index contributed by atoms with van der Waals surface area (Å²) < 4.78 is 5.66. The summed E-state index contributed by atoms with van der Waals surface area (Å²) in [5.74, 6) is 1.33. The molecule has 0 N–H and O–H groups in total. The van der Waals surface area contributed by atoms with Gasteiger partial charge in [-0.25, -0.2) is 4.98 Å². The number of aromatic nitrogens is 1. The van der Waals surface area contributed by atoms with E-state index in [-0.39, 0.29) is 0 Å². The third-order valence-electron chi connectivity index (χ3n) is 3.13. The van der Waals surface area contributed by atoms with Crippen molar-refractivity contribution in [1.29, 1.82) is 5.26 Å². The van der Waals surface area contributed by atoms with Crippen molar-refractivity contribution in [3.05, 3.63) is 23.9 Å². The molecule has 1 aromatic rings.